The summed E-state index contributed by atoms with van der Waals surface area (Å²) in [7, 11) is 0. The summed E-state index contributed by atoms with van der Waals surface area (Å²) >= 11 is 6.25. The molecule has 1 aromatic carbocycles. The minimum absolute atomic E-state index is 0.0250. The molecule has 122 valence electrons. The molecule has 1 unspecified atom stereocenters. The van der Waals surface area contributed by atoms with Gasteiger partial charge in [0.1, 0.15) is 6.33 Å². The van der Waals surface area contributed by atoms with Gasteiger partial charge in [0, 0.05) is 19.3 Å². The van der Waals surface area contributed by atoms with Gasteiger partial charge in [-0.2, -0.15) is 0 Å². The van der Waals surface area contributed by atoms with Crippen LogP contribution in [0.15, 0.2) is 48.9 Å². The van der Waals surface area contributed by atoms with Crippen LogP contribution in [0.3, 0.4) is 0 Å². The summed E-state index contributed by atoms with van der Waals surface area (Å²) in [6, 6.07) is 11.4. The Bertz CT molecular complexity index is 893. The lowest BCUT2D eigenvalue weighted by Crippen LogP contribution is -2.27. The summed E-state index contributed by atoms with van der Waals surface area (Å²) in [5.41, 5.74) is 2.47. The van der Waals surface area contributed by atoms with Crippen molar-refractivity contribution in [2.24, 2.45) is 5.92 Å². The molecule has 1 atom stereocenters. The highest BCUT2D eigenvalue weighted by atomic mass is 35.5. The van der Waals surface area contributed by atoms with E-state index in [2.05, 4.69) is 20.4 Å². The number of benzene rings is 1. The van der Waals surface area contributed by atoms with E-state index in [4.69, 9.17) is 11.6 Å². The van der Waals surface area contributed by atoms with Crippen molar-refractivity contribution in [2.45, 2.75) is 6.42 Å². The first-order chi connectivity index (χ1) is 11.7. The van der Waals surface area contributed by atoms with Crippen LogP contribution in [0.5, 0.6) is 0 Å². The second kappa shape index (κ2) is 6.13. The van der Waals surface area contributed by atoms with Gasteiger partial charge in [0.2, 0.25) is 5.91 Å². The van der Waals surface area contributed by atoms with E-state index in [0.717, 1.165) is 35.0 Å². The van der Waals surface area contributed by atoms with E-state index in [9.17, 15) is 4.79 Å². The number of hydrogen-bond acceptors (Lipinski definition) is 4. The minimum atomic E-state index is -0.0575. The van der Waals surface area contributed by atoms with Crippen molar-refractivity contribution in [3.8, 4) is 0 Å². The molecule has 1 aliphatic heterocycles. The standard InChI is InChI=1S/C17H16ClN5O/c18-14-3-1-2-4-15(14)22-8-7-12(9-22)17(24)20-13-5-6-16-21-19-11-23(16)10-13/h1-6,10-12H,7-9H2,(H,20,24). The molecule has 0 aliphatic carbocycles. The Kier molecular flexibility index (Phi) is 3.82. The van der Waals surface area contributed by atoms with Gasteiger partial charge in [0.05, 0.1) is 22.3 Å². The van der Waals surface area contributed by atoms with Gasteiger partial charge in [-0.1, -0.05) is 23.7 Å². The van der Waals surface area contributed by atoms with Crippen molar-refractivity contribution in [2.75, 3.05) is 23.3 Å². The van der Waals surface area contributed by atoms with Crippen LogP contribution in [-0.2, 0) is 4.79 Å². The summed E-state index contributed by atoms with van der Waals surface area (Å²) in [5.74, 6) is -0.0325. The van der Waals surface area contributed by atoms with Gasteiger partial charge >= 0.3 is 0 Å². The molecule has 6 nitrogen and oxygen atoms in total. The van der Waals surface area contributed by atoms with Crippen LogP contribution in [0.2, 0.25) is 5.02 Å². The molecule has 7 heteroatoms. The van der Waals surface area contributed by atoms with E-state index in [-0.39, 0.29) is 11.8 Å². The third-order valence-electron chi connectivity index (χ3n) is 4.31. The lowest BCUT2D eigenvalue weighted by Gasteiger charge is -2.19. The van der Waals surface area contributed by atoms with Gasteiger partial charge in [0.15, 0.2) is 5.65 Å². The minimum Gasteiger partial charge on any atom is -0.370 e. The van der Waals surface area contributed by atoms with Gasteiger partial charge < -0.3 is 10.2 Å². The Morgan fingerprint density at radius 2 is 2.12 bits per heavy atom. The molecule has 1 amide bonds. The number of hydrogen-bond donors (Lipinski definition) is 1. The van der Waals surface area contributed by atoms with Gasteiger partial charge in [0.25, 0.3) is 0 Å². The first-order valence-electron chi connectivity index (χ1n) is 7.80. The third kappa shape index (κ3) is 2.80. The smallest absolute Gasteiger partial charge is 0.229 e. The third-order valence-corrected chi connectivity index (χ3v) is 4.63. The lowest BCUT2D eigenvalue weighted by atomic mass is 10.1. The summed E-state index contributed by atoms with van der Waals surface area (Å²) in [4.78, 5) is 14.7. The first kappa shape index (κ1) is 15.0. The van der Waals surface area contributed by atoms with Gasteiger partial charge in [-0.05, 0) is 30.7 Å². The molecule has 3 heterocycles. The number of carbonyl (C=O) groups excluding carboxylic acids is 1. The number of carbonyl (C=O) groups is 1. The Morgan fingerprint density at radius 3 is 3.00 bits per heavy atom. The molecule has 0 radical (unpaired) electrons. The molecule has 0 saturated carbocycles. The molecular weight excluding hydrogens is 326 g/mol. The van der Waals surface area contributed by atoms with E-state index in [1.54, 1.807) is 10.7 Å². The fourth-order valence-electron chi connectivity index (χ4n) is 3.05. The van der Waals surface area contributed by atoms with Crippen LogP contribution in [0.1, 0.15) is 6.42 Å². The number of rotatable bonds is 3. The Labute approximate surface area is 144 Å². The molecule has 0 bridgehead atoms. The molecule has 3 aromatic rings. The monoisotopic (exact) mass is 341 g/mol. The molecule has 0 spiro atoms. The van der Waals surface area contributed by atoms with Crippen LogP contribution in [-0.4, -0.2) is 33.6 Å². The van der Waals surface area contributed by atoms with E-state index in [1.807, 2.05) is 42.6 Å². The fraction of sp³-hybridized carbons (Fsp3) is 0.235. The topological polar surface area (TPSA) is 62.5 Å². The largest absolute Gasteiger partial charge is 0.370 e. The van der Waals surface area contributed by atoms with E-state index >= 15 is 0 Å². The molecule has 24 heavy (non-hydrogen) atoms. The van der Waals surface area contributed by atoms with Crippen molar-refractivity contribution >= 4 is 34.5 Å². The predicted molar refractivity (Wildman–Crippen MR) is 93.4 cm³/mol. The number of fused-ring (bicyclic) bond motifs is 1. The number of anilines is 2. The average Bonchev–Trinajstić information content (AvgIpc) is 3.24. The van der Waals surface area contributed by atoms with E-state index in [0.29, 0.717) is 6.54 Å². The number of amides is 1. The fourth-order valence-corrected chi connectivity index (χ4v) is 3.30. The summed E-state index contributed by atoms with van der Waals surface area (Å²) in [6.45, 7) is 1.50. The Morgan fingerprint density at radius 1 is 1.25 bits per heavy atom. The van der Waals surface area contributed by atoms with Crippen LogP contribution in [0, 0.1) is 5.92 Å². The number of halogens is 1. The first-order valence-corrected chi connectivity index (χ1v) is 8.18. The van der Waals surface area contributed by atoms with Gasteiger partial charge in [-0.3, -0.25) is 9.20 Å². The second-order valence-electron chi connectivity index (χ2n) is 5.89. The van der Waals surface area contributed by atoms with Crippen molar-refractivity contribution in [3.05, 3.63) is 53.9 Å². The molecular formula is C17H16ClN5O. The molecule has 4 rings (SSSR count). The van der Waals surface area contributed by atoms with E-state index in [1.165, 1.54) is 0 Å². The van der Waals surface area contributed by atoms with Crippen LogP contribution in [0.4, 0.5) is 11.4 Å². The van der Waals surface area contributed by atoms with Crippen molar-refractivity contribution in [1.82, 2.24) is 14.6 Å². The molecule has 1 saturated heterocycles. The highest BCUT2D eigenvalue weighted by Gasteiger charge is 2.29. The Hall–Kier alpha value is -2.60. The molecule has 1 N–H and O–H groups in total. The number of nitrogens with one attached hydrogen (secondary N) is 1. The Balaban J connectivity index is 1.44. The van der Waals surface area contributed by atoms with Crippen molar-refractivity contribution in [1.29, 1.82) is 0 Å². The zero-order chi connectivity index (χ0) is 16.5. The maximum absolute atomic E-state index is 12.5. The van der Waals surface area contributed by atoms with Crippen LogP contribution < -0.4 is 10.2 Å². The molecule has 2 aromatic heterocycles. The average molecular weight is 342 g/mol. The molecule has 1 fully saturated rings. The second-order valence-corrected chi connectivity index (χ2v) is 6.29. The van der Waals surface area contributed by atoms with Gasteiger partial charge in [-0.15, -0.1) is 10.2 Å². The van der Waals surface area contributed by atoms with Crippen LogP contribution >= 0.6 is 11.6 Å². The van der Waals surface area contributed by atoms with Crippen molar-refractivity contribution in [3.63, 3.8) is 0 Å². The van der Waals surface area contributed by atoms with Crippen LogP contribution in [0.25, 0.3) is 5.65 Å². The zero-order valence-corrected chi connectivity index (χ0v) is 13.6. The maximum Gasteiger partial charge on any atom is 0.229 e. The highest BCUT2D eigenvalue weighted by Crippen LogP contribution is 2.30. The predicted octanol–water partition coefficient (Wildman–Crippen LogP) is 2.85. The van der Waals surface area contributed by atoms with Crippen molar-refractivity contribution < 1.29 is 4.79 Å². The number of pyridine rings is 1. The maximum atomic E-state index is 12.5. The van der Waals surface area contributed by atoms with E-state index < -0.39 is 0 Å². The number of nitrogens with zero attached hydrogens (tertiary/aromatic N) is 4. The number of para-hydroxylation sites is 1. The molecule has 1 aliphatic rings. The summed E-state index contributed by atoms with van der Waals surface area (Å²) in [6.07, 6.45) is 4.24. The highest BCUT2D eigenvalue weighted by molar-refractivity contribution is 6.33. The normalized spacial score (nSPS) is 17.4. The summed E-state index contributed by atoms with van der Waals surface area (Å²) in [5, 5.41) is 11.5. The SMILES string of the molecule is O=C(Nc1ccc2nncn2c1)C1CCN(c2ccccc2Cl)C1. The lowest BCUT2D eigenvalue weighted by molar-refractivity contribution is -0.119. The quantitative estimate of drug-likeness (QED) is 0.795. The van der Waals surface area contributed by atoms with Gasteiger partial charge in [-0.25, -0.2) is 0 Å². The number of aromatic nitrogens is 3. The summed E-state index contributed by atoms with van der Waals surface area (Å²) < 4.78 is 1.78. The zero-order valence-electron chi connectivity index (χ0n) is 12.9.